The predicted molar refractivity (Wildman–Crippen MR) is 91.1 cm³/mol. The predicted octanol–water partition coefficient (Wildman–Crippen LogP) is 4.51. The van der Waals surface area contributed by atoms with Crippen molar-refractivity contribution in [2.45, 2.75) is 26.4 Å². The Bertz CT molecular complexity index is 790. The molecule has 0 unspecified atom stereocenters. The maximum absolute atomic E-state index is 5.74. The largest absolute Gasteiger partial charge is 0.326 e. The van der Waals surface area contributed by atoms with Crippen LogP contribution in [0.25, 0.3) is 22.4 Å². The van der Waals surface area contributed by atoms with Gasteiger partial charge in [0.15, 0.2) is 0 Å². The van der Waals surface area contributed by atoms with Crippen LogP contribution in [0.3, 0.4) is 0 Å². The second kappa shape index (κ2) is 5.62. The number of aromatic nitrogens is 2. The molecule has 0 saturated carbocycles. The molecule has 2 aromatic carbocycles. The molecule has 3 nitrogen and oxygen atoms in total. The fourth-order valence-electron chi connectivity index (χ4n) is 2.63. The van der Waals surface area contributed by atoms with E-state index in [9.17, 15) is 0 Å². The SMILES string of the molecule is CC(C)n1c(-c2cccc(Br)c2)nc2cc(CN)ccc21. The number of benzene rings is 2. The summed E-state index contributed by atoms with van der Waals surface area (Å²) in [6.45, 7) is 4.90. The van der Waals surface area contributed by atoms with Crippen LogP contribution in [0.5, 0.6) is 0 Å². The molecule has 3 aromatic rings. The van der Waals surface area contributed by atoms with Crippen molar-refractivity contribution < 1.29 is 0 Å². The van der Waals surface area contributed by atoms with Crippen LogP contribution in [0.2, 0.25) is 0 Å². The number of hydrogen-bond donors (Lipinski definition) is 1. The van der Waals surface area contributed by atoms with Gasteiger partial charge in [0.1, 0.15) is 5.82 Å². The molecule has 0 aliphatic heterocycles. The van der Waals surface area contributed by atoms with Crippen molar-refractivity contribution in [2.75, 3.05) is 0 Å². The minimum atomic E-state index is 0.340. The lowest BCUT2D eigenvalue weighted by Crippen LogP contribution is -2.03. The average molecular weight is 344 g/mol. The Balaban J connectivity index is 2.28. The van der Waals surface area contributed by atoms with Gasteiger partial charge in [0, 0.05) is 22.6 Å². The van der Waals surface area contributed by atoms with Gasteiger partial charge < -0.3 is 10.3 Å². The number of halogens is 1. The van der Waals surface area contributed by atoms with E-state index in [1.165, 1.54) is 0 Å². The summed E-state index contributed by atoms with van der Waals surface area (Å²) < 4.78 is 3.34. The molecule has 108 valence electrons. The third kappa shape index (κ3) is 2.61. The maximum Gasteiger partial charge on any atom is 0.141 e. The zero-order valence-corrected chi connectivity index (χ0v) is 13.8. The second-order valence-corrected chi connectivity index (χ2v) is 6.35. The molecule has 2 N–H and O–H groups in total. The molecule has 0 aliphatic carbocycles. The fourth-order valence-corrected chi connectivity index (χ4v) is 3.02. The van der Waals surface area contributed by atoms with E-state index in [1.54, 1.807) is 0 Å². The molecule has 0 radical (unpaired) electrons. The molecule has 4 heteroatoms. The first-order valence-corrected chi connectivity index (χ1v) is 7.86. The summed E-state index contributed by atoms with van der Waals surface area (Å²) in [5, 5.41) is 0. The Hall–Kier alpha value is -1.65. The quantitative estimate of drug-likeness (QED) is 0.760. The molecule has 0 atom stereocenters. The van der Waals surface area contributed by atoms with Crippen LogP contribution >= 0.6 is 15.9 Å². The van der Waals surface area contributed by atoms with Gasteiger partial charge in [-0.05, 0) is 43.7 Å². The molecule has 0 bridgehead atoms. The van der Waals surface area contributed by atoms with E-state index in [0.29, 0.717) is 12.6 Å². The number of fused-ring (bicyclic) bond motifs is 1. The summed E-state index contributed by atoms with van der Waals surface area (Å²) in [5.41, 5.74) is 10.1. The third-order valence-corrected chi connectivity index (χ3v) is 4.08. The van der Waals surface area contributed by atoms with Crippen LogP contribution in [0.15, 0.2) is 46.9 Å². The zero-order valence-electron chi connectivity index (χ0n) is 12.2. The van der Waals surface area contributed by atoms with E-state index in [1.807, 2.05) is 12.1 Å². The van der Waals surface area contributed by atoms with Crippen LogP contribution < -0.4 is 5.73 Å². The van der Waals surface area contributed by atoms with Crippen LogP contribution in [-0.4, -0.2) is 9.55 Å². The lowest BCUT2D eigenvalue weighted by Gasteiger charge is -2.13. The molecule has 21 heavy (non-hydrogen) atoms. The lowest BCUT2D eigenvalue weighted by atomic mass is 10.2. The van der Waals surface area contributed by atoms with Crippen LogP contribution in [0.4, 0.5) is 0 Å². The number of imidazole rings is 1. The molecular weight excluding hydrogens is 326 g/mol. The van der Waals surface area contributed by atoms with E-state index >= 15 is 0 Å². The van der Waals surface area contributed by atoms with Crippen LogP contribution in [-0.2, 0) is 6.54 Å². The topological polar surface area (TPSA) is 43.8 Å². The highest BCUT2D eigenvalue weighted by atomic mass is 79.9. The van der Waals surface area contributed by atoms with E-state index in [-0.39, 0.29) is 0 Å². The smallest absolute Gasteiger partial charge is 0.141 e. The summed E-state index contributed by atoms with van der Waals surface area (Å²) in [6.07, 6.45) is 0. The molecule has 1 aromatic heterocycles. The highest BCUT2D eigenvalue weighted by Crippen LogP contribution is 2.30. The summed E-state index contributed by atoms with van der Waals surface area (Å²) in [6, 6.07) is 14.9. The van der Waals surface area contributed by atoms with Crippen molar-refractivity contribution >= 4 is 27.0 Å². The van der Waals surface area contributed by atoms with Crippen molar-refractivity contribution in [1.82, 2.24) is 9.55 Å². The van der Waals surface area contributed by atoms with Crippen LogP contribution in [0, 0.1) is 0 Å². The first-order chi connectivity index (χ1) is 10.1. The Kier molecular flexibility index (Phi) is 3.83. The van der Waals surface area contributed by atoms with Crippen molar-refractivity contribution in [3.8, 4) is 11.4 Å². The van der Waals surface area contributed by atoms with Gasteiger partial charge in [-0.1, -0.05) is 34.1 Å². The normalized spacial score (nSPS) is 11.5. The molecule has 0 aliphatic rings. The first kappa shape index (κ1) is 14.3. The van der Waals surface area contributed by atoms with E-state index in [4.69, 9.17) is 10.7 Å². The average Bonchev–Trinajstić information content (AvgIpc) is 2.85. The molecule has 0 saturated heterocycles. The van der Waals surface area contributed by atoms with Gasteiger partial charge in [-0.3, -0.25) is 0 Å². The van der Waals surface area contributed by atoms with Gasteiger partial charge in [-0.25, -0.2) is 4.98 Å². The van der Waals surface area contributed by atoms with Crippen LogP contribution in [0.1, 0.15) is 25.5 Å². The van der Waals surface area contributed by atoms with E-state index in [0.717, 1.165) is 32.5 Å². The lowest BCUT2D eigenvalue weighted by molar-refractivity contribution is 0.624. The minimum absolute atomic E-state index is 0.340. The van der Waals surface area contributed by atoms with E-state index in [2.05, 4.69) is 64.7 Å². The Morgan fingerprint density at radius 3 is 2.67 bits per heavy atom. The van der Waals surface area contributed by atoms with Gasteiger partial charge in [0.2, 0.25) is 0 Å². The molecule has 0 fully saturated rings. The minimum Gasteiger partial charge on any atom is -0.326 e. The highest BCUT2D eigenvalue weighted by Gasteiger charge is 2.15. The summed E-state index contributed by atoms with van der Waals surface area (Å²) in [5.74, 6) is 0.996. The standard InChI is InChI=1S/C17H18BrN3/c1-11(2)21-16-7-6-12(10-19)8-15(16)20-17(21)13-4-3-5-14(18)9-13/h3-9,11H,10,19H2,1-2H3. The molecular formula is C17H18BrN3. The first-order valence-electron chi connectivity index (χ1n) is 7.07. The fraction of sp³-hybridized carbons (Fsp3) is 0.235. The van der Waals surface area contributed by atoms with Crippen molar-refractivity contribution in [3.05, 3.63) is 52.5 Å². The Labute approximate surface area is 132 Å². The van der Waals surface area contributed by atoms with Crippen molar-refractivity contribution in [1.29, 1.82) is 0 Å². The van der Waals surface area contributed by atoms with Gasteiger partial charge in [-0.15, -0.1) is 0 Å². The van der Waals surface area contributed by atoms with Crippen molar-refractivity contribution in [3.63, 3.8) is 0 Å². The number of rotatable bonds is 3. The molecule has 3 rings (SSSR count). The second-order valence-electron chi connectivity index (χ2n) is 5.44. The molecule has 0 spiro atoms. The van der Waals surface area contributed by atoms with E-state index < -0.39 is 0 Å². The van der Waals surface area contributed by atoms with Gasteiger partial charge in [-0.2, -0.15) is 0 Å². The summed E-state index contributed by atoms with van der Waals surface area (Å²) in [7, 11) is 0. The Morgan fingerprint density at radius 1 is 1.19 bits per heavy atom. The highest BCUT2D eigenvalue weighted by molar-refractivity contribution is 9.10. The summed E-state index contributed by atoms with van der Waals surface area (Å²) >= 11 is 3.53. The molecule has 0 amide bonds. The molecule has 1 heterocycles. The van der Waals surface area contributed by atoms with Crippen molar-refractivity contribution in [2.24, 2.45) is 5.73 Å². The monoisotopic (exact) mass is 343 g/mol. The number of nitrogens with zero attached hydrogens (tertiary/aromatic N) is 2. The van der Waals surface area contributed by atoms with Gasteiger partial charge >= 0.3 is 0 Å². The zero-order chi connectivity index (χ0) is 15.0. The third-order valence-electron chi connectivity index (χ3n) is 3.59. The van der Waals surface area contributed by atoms with Gasteiger partial charge in [0.25, 0.3) is 0 Å². The Morgan fingerprint density at radius 2 is 2.00 bits per heavy atom. The number of hydrogen-bond acceptors (Lipinski definition) is 2. The van der Waals surface area contributed by atoms with Gasteiger partial charge in [0.05, 0.1) is 11.0 Å². The maximum atomic E-state index is 5.74. The summed E-state index contributed by atoms with van der Waals surface area (Å²) in [4.78, 5) is 4.84. The number of nitrogens with two attached hydrogens (primary N) is 1.